The van der Waals surface area contributed by atoms with Crippen molar-refractivity contribution in [2.75, 3.05) is 13.2 Å². The zero-order valence-corrected chi connectivity index (χ0v) is 16.5. The Bertz CT molecular complexity index is 696. The van der Waals surface area contributed by atoms with E-state index in [1.807, 2.05) is 48.5 Å². The normalized spacial score (nSPS) is 10.2. The Hall–Kier alpha value is -3.42. The van der Waals surface area contributed by atoms with E-state index in [1.165, 1.54) is 0 Å². The number of hydrogen-bond donors (Lipinski definition) is 6. The summed E-state index contributed by atoms with van der Waals surface area (Å²) in [5.74, 6) is 1.61. The molecule has 2 aromatic rings. The Morgan fingerprint density at radius 3 is 1.38 bits per heavy atom. The highest BCUT2D eigenvalue weighted by Crippen LogP contribution is 2.14. The van der Waals surface area contributed by atoms with Crippen LogP contribution in [0.15, 0.2) is 48.5 Å². The SMILES string of the molecule is N=C(N)NCc1ccc(OCCCCCOc2ccc(CNC(=N)N)cc2)cc1. The van der Waals surface area contributed by atoms with Gasteiger partial charge in [-0.2, -0.15) is 0 Å². The fourth-order valence-corrected chi connectivity index (χ4v) is 2.56. The van der Waals surface area contributed by atoms with Crippen molar-refractivity contribution in [2.45, 2.75) is 32.4 Å². The van der Waals surface area contributed by atoms with Crippen molar-refractivity contribution in [2.24, 2.45) is 11.5 Å². The molecule has 8 heteroatoms. The van der Waals surface area contributed by atoms with Gasteiger partial charge in [0.05, 0.1) is 13.2 Å². The molecule has 8 nitrogen and oxygen atoms in total. The van der Waals surface area contributed by atoms with Crippen LogP contribution in [0.2, 0.25) is 0 Å². The Kier molecular flexibility index (Phi) is 9.14. The molecule has 0 aliphatic carbocycles. The van der Waals surface area contributed by atoms with Crippen LogP contribution in [0.25, 0.3) is 0 Å². The third-order valence-corrected chi connectivity index (χ3v) is 4.14. The highest BCUT2D eigenvalue weighted by atomic mass is 16.5. The number of guanidine groups is 2. The van der Waals surface area contributed by atoms with Crippen molar-refractivity contribution in [1.82, 2.24) is 10.6 Å². The maximum Gasteiger partial charge on any atom is 0.185 e. The first kappa shape index (κ1) is 21.9. The minimum absolute atomic E-state index is 0.0340. The van der Waals surface area contributed by atoms with Crippen LogP contribution in [-0.2, 0) is 13.1 Å². The van der Waals surface area contributed by atoms with Crippen molar-refractivity contribution in [3.63, 3.8) is 0 Å². The van der Waals surface area contributed by atoms with Gasteiger partial charge in [-0.15, -0.1) is 0 Å². The lowest BCUT2D eigenvalue weighted by Gasteiger charge is -2.09. The monoisotopic (exact) mass is 398 g/mol. The molecule has 0 bridgehead atoms. The number of nitrogens with one attached hydrogen (secondary N) is 4. The standard InChI is InChI=1S/C21H30N6O2/c22-20(23)26-14-16-4-8-18(9-5-16)28-12-2-1-3-13-29-19-10-6-17(7-11-19)15-27-21(24)25/h4-11H,1-3,12-15H2,(H4,22,23,26)(H4,24,25,27). The molecule has 2 rings (SSSR count). The zero-order chi connectivity index (χ0) is 20.9. The second-order valence-electron chi connectivity index (χ2n) is 6.58. The van der Waals surface area contributed by atoms with Crippen molar-refractivity contribution in [3.8, 4) is 11.5 Å². The quantitative estimate of drug-likeness (QED) is 0.184. The van der Waals surface area contributed by atoms with Crippen molar-refractivity contribution < 1.29 is 9.47 Å². The second kappa shape index (κ2) is 12.1. The van der Waals surface area contributed by atoms with Gasteiger partial charge in [-0.1, -0.05) is 24.3 Å². The van der Waals surface area contributed by atoms with Gasteiger partial charge >= 0.3 is 0 Å². The maximum atomic E-state index is 7.15. The first-order chi connectivity index (χ1) is 14.0. The van der Waals surface area contributed by atoms with E-state index in [2.05, 4.69) is 10.6 Å². The summed E-state index contributed by atoms with van der Waals surface area (Å²) in [6.45, 7) is 2.41. The van der Waals surface area contributed by atoms with Gasteiger partial charge in [0.15, 0.2) is 11.9 Å². The number of nitrogens with two attached hydrogens (primary N) is 2. The Morgan fingerprint density at radius 1 is 0.655 bits per heavy atom. The van der Waals surface area contributed by atoms with Gasteiger partial charge in [0.1, 0.15) is 11.5 Å². The van der Waals surface area contributed by atoms with E-state index >= 15 is 0 Å². The average molecular weight is 399 g/mol. The molecule has 0 heterocycles. The van der Waals surface area contributed by atoms with Crippen molar-refractivity contribution >= 4 is 11.9 Å². The number of ether oxygens (including phenoxy) is 2. The maximum absolute atomic E-state index is 7.15. The molecule has 0 aliphatic heterocycles. The Morgan fingerprint density at radius 2 is 1.03 bits per heavy atom. The van der Waals surface area contributed by atoms with Crippen LogP contribution < -0.4 is 31.6 Å². The second-order valence-corrected chi connectivity index (χ2v) is 6.58. The minimum Gasteiger partial charge on any atom is -0.494 e. The molecule has 0 aliphatic rings. The molecule has 0 unspecified atom stereocenters. The van der Waals surface area contributed by atoms with E-state index < -0.39 is 0 Å². The summed E-state index contributed by atoms with van der Waals surface area (Å²) in [6.07, 6.45) is 2.96. The van der Waals surface area contributed by atoms with E-state index in [-0.39, 0.29) is 11.9 Å². The summed E-state index contributed by atoms with van der Waals surface area (Å²) in [5, 5.41) is 19.8. The van der Waals surface area contributed by atoms with Crippen LogP contribution in [0.1, 0.15) is 30.4 Å². The average Bonchev–Trinajstić information content (AvgIpc) is 2.71. The number of hydrogen-bond acceptors (Lipinski definition) is 4. The Balaban J connectivity index is 1.53. The molecule has 0 aromatic heterocycles. The molecule has 0 saturated carbocycles. The molecule has 0 atom stereocenters. The molecule has 0 radical (unpaired) electrons. The molecule has 156 valence electrons. The highest BCUT2D eigenvalue weighted by Gasteiger charge is 1.99. The van der Waals surface area contributed by atoms with Gasteiger partial charge in [0, 0.05) is 13.1 Å². The summed E-state index contributed by atoms with van der Waals surface area (Å²) >= 11 is 0. The van der Waals surface area contributed by atoms with Crippen molar-refractivity contribution in [3.05, 3.63) is 59.7 Å². The lowest BCUT2D eigenvalue weighted by Crippen LogP contribution is -2.29. The van der Waals surface area contributed by atoms with E-state index in [4.69, 9.17) is 31.8 Å². The predicted molar refractivity (Wildman–Crippen MR) is 115 cm³/mol. The molecule has 2 aromatic carbocycles. The van der Waals surface area contributed by atoms with E-state index in [1.54, 1.807) is 0 Å². The van der Waals surface area contributed by atoms with Crippen LogP contribution >= 0.6 is 0 Å². The third kappa shape index (κ3) is 9.37. The first-order valence-corrected chi connectivity index (χ1v) is 9.62. The number of benzene rings is 2. The van der Waals surface area contributed by atoms with E-state index in [0.717, 1.165) is 41.9 Å². The fourth-order valence-electron chi connectivity index (χ4n) is 2.56. The van der Waals surface area contributed by atoms with E-state index in [0.29, 0.717) is 26.3 Å². The molecule has 29 heavy (non-hydrogen) atoms. The van der Waals surface area contributed by atoms with Crippen LogP contribution in [0.5, 0.6) is 11.5 Å². The molecule has 0 saturated heterocycles. The van der Waals surface area contributed by atoms with Gasteiger partial charge in [-0.25, -0.2) is 0 Å². The summed E-state index contributed by atoms with van der Waals surface area (Å²) < 4.78 is 11.5. The lowest BCUT2D eigenvalue weighted by atomic mass is 10.2. The third-order valence-electron chi connectivity index (χ3n) is 4.14. The number of unbranched alkanes of at least 4 members (excludes halogenated alkanes) is 2. The van der Waals surface area contributed by atoms with Gasteiger partial charge in [0.25, 0.3) is 0 Å². The minimum atomic E-state index is -0.0340. The van der Waals surface area contributed by atoms with Crippen LogP contribution in [-0.4, -0.2) is 25.1 Å². The van der Waals surface area contributed by atoms with Crippen molar-refractivity contribution in [1.29, 1.82) is 10.8 Å². The number of rotatable bonds is 12. The molecule has 0 spiro atoms. The zero-order valence-electron chi connectivity index (χ0n) is 16.5. The summed E-state index contributed by atoms with van der Waals surface area (Å²) in [5.41, 5.74) is 12.6. The van der Waals surface area contributed by atoms with Crippen LogP contribution in [0, 0.1) is 10.8 Å². The predicted octanol–water partition coefficient (Wildman–Crippen LogP) is 2.28. The first-order valence-electron chi connectivity index (χ1n) is 9.62. The topological polar surface area (TPSA) is 142 Å². The van der Waals surface area contributed by atoms with Gasteiger partial charge in [0.2, 0.25) is 0 Å². The van der Waals surface area contributed by atoms with Gasteiger partial charge < -0.3 is 31.6 Å². The summed E-state index contributed by atoms with van der Waals surface area (Å²) in [7, 11) is 0. The Labute approximate surface area is 171 Å². The molecule has 0 fully saturated rings. The smallest absolute Gasteiger partial charge is 0.185 e. The summed E-state index contributed by atoms with van der Waals surface area (Å²) in [4.78, 5) is 0. The van der Waals surface area contributed by atoms with Gasteiger partial charge in [-0.05, 0) is 54.7 Å². The van der Waals surface area contributed by atoms with Crippen LogP contribution in [0.4, 0.5) is 0 Å². The van der Waals surface area contributed by atoms with Gasteiger partial charge in [-0.3, -0.25) is 10.8 Å². The lowest BCUT2D eigenvalue weighted by molar-refractivity contribution is 0.279. The molecule has 0 amide bonds. The highest BCUT2D eigenvalue weighted by molar-refractivity contribution is 5.74. The van der Waals surface area contributed by atoms with Crippen LogP contribution in [0.3, 0.4) is 0 Å². The molecular formula is C21H30N6O2. The summed E-state index contributed by atoms with van der Waals surface area (Å²) in [6, 6.07) is 15.5. The van der Waals surface area contributed by atoms with E-state index in [9.17, 15) is 0 Å². The fraction of sp³-hybridized carbons (Fsp3) is 0.333. The molecular weight excluding hydrogens is 368 g/mol. The largest absolute Gasteiger partial charge is 0.494 e. The molecule has 8 N–H and O–H groups in total.